The van der Waals surface area contributed by atoms with Crippen LogP contribution in [0.4, 0.5) is 0 Å². The van der Waals surface area contributed by atoms with Gasteiger partial charge < -0.3 is 0 Å². The molecule has 0 unspecified atom stereocenters. The second kappa shape index (κ2) is 3.38. The molecule has 0 aliphatic carbocycles. The quantitative estimate of drug-likeness (QED) is 0.710. The van der Waals surface area contributed by atoms with Crippen LogP contribution in [0.1, 0.15) is 11.4 Å². The van der Waals surface area contributed by atoms with Crippen molar-refractivity contribution in [3.05, 3.63) is 40.2 Å². The summed E-state index contributed by atoms with van der Waals surface area (Å²) < 4.78 is 1.26. The fourth-order valence-corrected chi connectivity index (χ4v) is 1.21. The molecule has 0 aromatic carbocycles. The summed E-state index contributed by atoms with van der Waals surface area (Å²) in [6, 6.07) is 4.78. The van der Waals surface area contributed by atoms with Crippen molar-refractivity contribution < 1.29 is 0 Å². The molecular weight excluding hydrogens is 194 g/mol. The average molecular weight is 201 g/mol. The van der Waals surface area contributed by atoms with Crippen molar-refractivity contribution >= 4 is 0 Å². The third-order valence-electron chi connectivity index (χ3n) is 1.84. The van der Waals surface area contributed by atoms with Crippen molar-refractivity contribution in [1.82, 2.24) is 19.7 Å². The van der Waals surface area contributed by atoms with Crippen LogP contribution in [0.5, 0.6) is 0 Å². The van der Waals surface area contributed by atoms with Gasteiger partial charge in [0.15, 0.2) is 5.82 Å². The largest absolute Gasteiger partial charge is 0.294 e. The summed E-state index contributed by atoms with van der Waals surface area (Å²) >= 11 is 0. The molecule has 0 aliphatic heterocycles. The highest BCUT2D eigenvalue weighted by Crippen LogP contribution is 2.00. The van der Waals surface area contributed by atoms with E-state index in [0.717, 1.165) is 5.69 Å². The Morgan fingerprint density at radius 2 is 2.27 bits per heavy atom. The van der Waals surface area contributed by atoms with Crippen LogP contribution >= 0.6 is 0 Å². The summed E-state index contributed by atoms with van der Waals surface area (Å²) in [5.74, 6) is 0.361. The van der Waals surface area contributed by atoms with E-state index in [1.807, 2.05) is 6.07 Å². The van der Waals surface area contributed by atoms with Crippen molar-refractivity contribution in [1.29, 1.82) is 5.26 Å². The minimum absolute atomic E-state index is 0.213. The highest BCUT2D eigenvalue weighted by atomic mass is 16.1. The molecular formula is C9H7N5O. The summed E-state index contributed by atoms with van der Waals surface area (Å²) in [5, 5.41) is 11.5. The van der Waals surface area contributed by atoms with Crippen LogP contribution in [-0.2, 0) is 0 Å². The highest BCUT2D eigenvalue weighted by molar-refractivity contribution is 5.29. The Bertz CT molecular complexity index is 589. The summed E-state index contributed by atoms with van der Waals surface area (Å²) in [6.07, 6.45) is 1.25. The molecule has 2 heterocycles. The van der Waals surface area contributed by atoms with Crippen LogP contribution in [0.15, 0.2) is 23.3 Å². The first-order chi connectivity index (χ1) is 7.20. The van der Waals surface area contributed by atoms with Gasteiger partial charge in [0.25, 0.3) is 5.56 Å². The van der Waals surface area contributed by atoms with Crippen LogP contribution in [0, 0.1) is 18.3 Å². The maximum Gasteiger partial charge on any atom is 0.272 e. The summed E-state index contributed by atoms with van der Waals surface area (Å²) in [5.41, 5.74) is 0.742. The molecule has 2 aromatic rings. The van der Waals surface area contributed by atoms with Crippen LogP contribution in [0.25, 0.3) is 5.82 Å². The van der Waals surface area contributed by atoms with Gasteiger partial charge in [-0.2, -0.15) is 5.26 Å². The molecule has 0 spiro atoms. The van der Waals surface area contributed by atoms with Gasteiger partial charge >= 0.3 is 0 Å². The van der Waals surface area contributed by atoms with Gasteiger partial charge in [0.05, 0.1) is 0 Å². The van der Waals surface area contributed by atoms with Crippen molar-refractivity contribution in [2.75, 3.05) is 0 Å². The Hall–Kier alpha value is -2.42. The van der Waals surface area contributed by atoms with E-state index in [1.54, 1.807) is 6.92 Å². The van der Waals surface area contributed by atoms with E-state index in [2.05, 4.69) is 15.1 Å². The van der Waals surface area contributed by atoms with E-state index in [-0.39, 0.29) is 11.3 Å². The average Bonchev–Trinajstić information content (AvgIpc) is 2.58. The number of H-pyrrole nitrogens is 1. The monoisotopic (exact) mass is 201 g/mol. The number of nitrogens with one attached hydrogen (secondary N) is 1. The third kappa shape index (κ3) is 1.62. The smallest absolute Gasteiger partial charge is 0.272 e. The fraction of sp³-hybridized carbons (Fsp3) is 0.111. The van der Waals surface area contributed by atoms with Crippen molar-refractivity contribution in [2.45, 2.75) is 6.92 Å². The molecule has 0 amide bonds. The van der Waals surface area contributed by atoms with E-state index in [1.165, 1.54) is 23.1 Å². The molecule has 0 radical (unpaired) electrons. The summed E-state index contributed by atoms with van der Waals surface area (Å²) in [7, 11) is 0. The maximum atomic E-state index is 11.4. The van der Waals surface area contributed by atoms with Crippen molar-refractivity contribution in [3.63, 3.8) is 0 Å². The first kappa shape index (κ1) is 9.15. The maximum absolute atomic E-state index is 11.4. The van der Waals surface area contributed by atoms with Gasteiger partial charge in [0.1, 0.15) is 18.1 Å². The normalized spacial score (nSPS) is 9.87. The zero-order chi connectivity index (χ0) is 10.8. The highest BCUT2D eigenvalue weighted by Gasteiger charge is 2.04. The lowest BCUT2D eigenvalue weighted by molar-refractivity contribution is 0.800. The Balaban J connectivity index is 2.60. The molecule has 0 aliphatic rings. The molecule has 2 rings (SSSR count). The summed E-state index contributed by atoms with van der Waals surface area (Å²) in [4.78, 5) is 19.0. The Labute approximate surface area is 84.8 Å². The van der Waals surface area contributed by atoms with Crippen molar-refractivity contribution in [2.24, 2.45) is 0 Å². The van der Waals surface area contributed by atoms with Gasteiger partial charge in [-0.25, -0.2) is 14.6 Å². The van der Waals surface area contributed by atoms with Gasteiger partial charge in [-0.05, 0) is 6.92 Å². The molecule has 74 valence electrons. The number of aromatic nitrogens is 4. The molecule has 6 heteroatoms. The molecule has 0 atom stereocenters. The lowest BCUT2D eigenvalue weighted by Gasteiger charge is -1.99. The molecule has 2 aromatic heterocycles. The molecule has 15 heavy (non-hydrogen) atoms. The molecule has 1 N–H and O–H groups in total. The zero-order valence-electron chi connectivity index (χ0n) is 7.93. The van der Waals surface area contributed by atoms with E-state index in [9.17, 15) is 4.79 Å². The van der Waals surface area contributed by atoms with Crippen LogP contribution in [0.3, 0.4) is 0 Å². The minimum atomic E-state index is -0.213. The number of nitriles is 1. The third-order valence-corrected chi connectivity index (χ3v) is 1.84. The predicted octanol–water partition coefficient (Wildman–Crippen LogP) is 0.136. The Morgan fingerprint density at radius 3 is 2.87 bits per heavy atom. The molecule has 0 fully saturated rings. The van der Waals surface area contributed by atoms with Crippen LogP contribution < -0.4 is 5.56 Å². The number of nitrogens with zero attached hydrogens (tertiary/aromatic N) is 4. The van der Waals surface area contributed by atoms with E-state index >= 15 is 0 Å². The van der Waals surface area contributed by atoms with E-state index in [4.69, 9.17) is 5.26 Å². The fourth-order valence-electron chi connectivity index (χ4n) is 1.21. The van der Waals surface area contributed by atoms with Crippen molar-refractivity contribution in [3.8, 4) is 11.9 Å². The van der Waals surface area contributed by atoms with Gasteiger partial charge in [-0.15, -0.1) is 0 Å². The topological polar surface area (TPSA) is 87.4 Å². The number of rotatable bonds is 1. The standard InChI is InChI=1S/C9H7N5O/c1-6-2-9(15)14(13-6)8-3-7(4-10)11-5-12-8/h2-3,5,13H,1H3. The second-order valence-electron chi connectivity index (χ2n) is 2.99. The second-order valence-corrected chi connectivity index (χ2v) is 2.99. The molecule has 0 saturated heterocycles. The Kier molecular flexibility index (Phi) is 2.06. The van der Waals surface area contributed by atoms with E-state index < -0.39 is 0 Å². The minimum Gasteiger partial charge on any atom is -0.294 e. The molecule has 0 saturated carbocycles. The lowest BCUT2D eigenvalue weighted by Crippen LogP contribution is -2.15. The molecule has 6 nitrogen and oxygen atoms in total. The number of hydrogen-bond donors (Lipinski definition) is 1. The first-order valence-corrected chi connectivity index (χ1v) is 4.22. The van der Waals surface area contributed by atoms with Gasteiger partial charge in [0, 0.05) is 17.8 Å². The van der Waals surface area contributed by atoms with Crippen LogP contribution in [0.2, 0.25) is 0 Å². The first-order valence-electron chi connectivity index (χ1n) is 4.22. The predicted molar refractivity (Wildman–Crippen MR) is 51.4 cm³/mol. The lowest BCUT2D eigenvalue weighted by atomic mass is 10.4. The number of hydrogen-bond acceptors (Lipinski definition) is 4. The SMILES string of the molecule is Cc1cc(=O)n(-c2cc(C#N)ncn2)[nH]1. The van der Waals surface area contributed by atoms with E-state index in [0.29, 0.717) is 5.82 Å². The van der Waals surface area contributed by atoms with Gasteiger partial charge in [0.2, 0.25) is 0 Å². The van der Waals surface area contributed by atoms with Crippen LogP contribution in [-0.4, -0.2) is 19.7 Å². The molecule has 0 bridgehead atoms. The zero-order valence-corrected chi connectivity index (χ0v) is 7.93. The van der Waals surface area contributed by atoms with Gasteiger partial charge in [-0.3, -0.25) is 9.89 Å². The summed E-state index contributed by atoms with van der Waals surface area (Å²) in [6.45, 7) is 1.77. The number of aryl methyl sites for hydroxylation is 1. The van der Waals surface area contributed by atoms with Gasteiger partial charge in [-0.1, -0.05) is 0 Å². The Morgan fingerprint density at radius 1 is 1.47 bits per heavy atom. The number of aromatic amines is 1.